The number of ether oxygens (including phenoxy) is 1. The first-order valence-corrected chi connectivity index (χ1v) is 6.32. The molecule has 0 spiro atoms. The number of aromatic nitrogens is 1. The van der Waals surface area contributed by atoms with Gasteiger partial charge in [0.05, 0.1) is 12.3 Å². The first-order chi connectivity index (χ1) is 8.76. The van der Waals surface area contributed by atoms with Crippen molar-refractivity contribution in [3.05, 3.63) is 34.7 Å². The van der Waals surface area contributed by atoms with E-state index in [1.165, 1.54) is 0 Å². The van der Waals surface area contributed by atoms with Crippen LogP contribution in [0.25, 0.3) is 0 Å². The summed E-state index contributed by atoms with van der Waals surface area (Å²) in [5, 5.41) is 0. The maximum atomic E-state index is 11.9. The lowest BCUT2D eigenvalue weighted by Gasteiger charge is -2.31. The average Bonchev–Trinajstić information content (AvgIpc) is 2.82. The van der Waals surface area contributed by atoms with Gasteiger partial charge in [-0.05, 0) is 30.9 Å². The van der Waals surface area contributed by atoms with Crippen LogP contribution in [0.1, 0.15) is 63.7 Å². The molecule has 2 atom stereocenters. The van der Waals surface area contributed by atoms with Crippen LogP contribution in [0.5, 0.6) is 0 Å². The molecule has 2 bridgehead atoms. The minimum absolute atomic E-state index is 0.245. The largest absolute Gasteiger partial charge is 0.461 e. The molecule has 4 rings (SSSR count). The lowest BCUT2D eigenvalue weighted by atomic mass is 9.72. The molecule has 0 saturated carbocycles. The number of fused-ring (bicyclic) bond motifs is 1. The molecule has 0 saturated heterocycles. The zero-order valence-electron chi connectivity index (χ0n) is 10.2. The summed E-state index contributed by atoms with van der Waals surface area (Å²) in [5.41, 5.74) is 2.99. The van der Waals surface area contributed by atoms with Crippen molar-refractivity contribution in [2.45, 2.75) is 31.6 Å². The van der Waals surface area contributed by atoms with Gasteiger partial charge in [0, 0.05) is 11.8 Å². The molecular weight excluding hydrogens is 230 g/mol. The van der Waals surface area contributed by atoms with Gasteiger partial charge in [-0.15, -0.1) is 0 Å². The fourth-order valence-corrected chi connectivity index (χ4v) is 3.09. The van der Waals surface area contributed by atoms with Crippen molar-refractivity contribution < 1.29 is 14.3 Å². The number of hydrogen-bond acceptors (Lipinski definition) is 3. The van der Waals surface area contributed by atoms with Crippen LogP contribution in [0.2, 0.25) is 0 Å². The minimum Gasteiger partial charge on any atom is -0.461 e. The Bertz CT molecular complexity index is 541. The molecule has 1 aromatic rings. The van der Waals surface area contributed by atoms with E-state index in [4.69, 9.17) is 4.74 Å². The topological polar surface area (TPSA) is 59.2 Å². The number of rotatable bonds is 3. The van der Waals surface area contributed by atoms with Crippen LogP contribution in [-0.4, -0.2) is 23.8 Å². The molecule has 4 nitrogen and oxygen atoms in total. The quantitative estimate of drug-likeness (QED) is 0.505. The Hall–Kier alpha value is -1.84. The summed E-state index contributed by atoms with van der Waals surface area (Å²) in [7, 11) is 0. The Labute approximate surface area is 105 Å². The molecule has 1 N–H and O–H groups in total. The van der Waals surface area contributed by atoms with E-state index >= 15 is 0 Å². The Kier molecular flexibility index (Phi) is 2.58. The van der Waals surface area contributed by atoms with Crippen LogP contribution < -0.4 is 0 Å². The zero-order chi connectivity index (χ0) is 12.7. The lowest BCUT2D eigenvalue weighted by Crippen LogP contribution is -2.19. The third-order valence-corrected chi connectivity index (χ3v) is 3.81. The Balaban J connectivity index is 2.14. The number of aromatic amines is 1. The molecule has 3 aliphatic carbocycles. The SMILES string of the molecule is CCOC(=O)c1[nH]c(C=O)c2c1C1C=CC2CC1. The van der Waals surface area contributed by atoms with Crippen LogP contribution in [0, 0.1) is 0 Å². The van der Waals surface area contributed by atoms with E-state index in [2.05, 4.69) is 17.1 Å². The maximum Gasteiger partial charge on any atom is 0.355 e. The molecule has 4 heteroatoms. The molecule has 0 radical (unpaired) electrons. The Morgan fingerprint density at radius 3 is 2.61 bits per heavy atom. The fraction of sp³-hybridized carbons (Fsp3) is 0.429. The molecule has 0 fully saturated rings. The average molecular weight is 245 g/mol. The second-order valence-corrected chi connectivity index (χ2v) is 4.75. The molecule has 0 amide bonds. The third-order valence-electron chi connectivity index (χ3n) is 3.81. The van der Waals surface area contributed by atoms with Gasteiger partial charge in [-0.25, -0.2) is 4.79 Å². The van der Waals surface area contributed by atoms with Gasteiger partial charge >= 0.3 is 5.97 Å². The van der Waals surface area contributed by atoms with Crippen molar-refractivity contribution in [2.75, 3.05) is 6.61 Å². The summed E-state index contributed by atoms with van der Waals surface area (Å²) in [6.45, 7) is 2.12. The van der Waals surface area contributed by atoms with Crippen molar-refractivity contribution in [3.8, 4) is 0 Å². The van der Waals surface area contributed by atoms with Gasteiger partial charge in [0.25, 0.3) is 0 Å². The predicted octanol–water partition coefficient (Wildman–Crippen LogP) is 2.53. The van der Waals surface area contributed by atoms with E-state index in [1.807, 2.05) is 0 Å². The normalized spacial score (nSPS) is 23.8. The summed E-state index contributed by atoms with van der Waals surface area (Å²) < 4.78 is 5.05. The second-order valence-electron chi connectivity index (χ2n) is 4.75. The van der Waals surface area contributed by atoms with Crippen LogP contribution in [-0.2, 0) is 4.74 Å². The highest BCUT2D eigenvalue weighted by molar-refractivity contribution is 5.93. The highest BCUT2D eigenvalue weighted by Gasteiger charge is 2.36. The predicted molar refractivity (Wildman–Crippen MR) is 66.0 cm³/mol. The van der Waals surface area contributed by atoms with E-state index in [0.717, 1.165) is 30.3 Å². The van der Waals surface area contributed by atoms with Crippen molar-refractivity contribution in [2.24, 2.45) is 0 Å². The van der Waals surface area contributed by atoms with Gasteiger partial charge in [0.15, 0.2) is 6.29 Å². The first kappa shape index (κ1) is 11.3. The molecule has 3 aliphatic rings. The number of carbonyl (C=O) groups excluding carboxylic acids is 2. The maximum absolute atomic E-state index is 11.9. The molecule has 2 unspecified atom stereocenters. The van der Waals surface area contributed by atoms with E-state index in [0.29, 0.717) is 18.0 Å². The highest BCUT2D eigenvalue weighted by atomic mass is 16.5. The van der Waals surface area contributed by atoms with Crippen molar-refractivity contribution in [3.63, 3.8) is 0 Å². The second kappa shape index (κ2) is 4.12. The number of H-pyrrole nitrogens is 1. The van der Waals surface area contributed by atoms with Crippen LogP contribution in [0.4, 0.5) is 0 Å². The molecular formula is C14H15NO3. The van der Waals surface area contributed by atoms with Crippen molar-refractivity contribution in [1.29, 1.82) is 0 Å². The zero-order valence-corrected chi connectivity index (χ0v) is 10.2. The Morgan fingerprint density at radius 1 is 1.39 bits per heavy atom. The van der Waals surface area contributed by atoms with Gasteiger partial charge in [-0.3, -0.25) is 4.79 Å². The third kappa shape index (κ3) is 1.45. The summed E-state index contributed by atoms with van der Waals surface area (Å²) in [6, 6.07) is 0. The number of allylic oxidation sites excluding steroid dienone is 2. The van der Waals surface area contributed by atoms with E-state index < -0.39 is 0 Å². The van der Waals surface area contributed by atoms with Gasteiger partial charge in [-0.2, -0.15) is 0 Å². The Morgan fingerprint density at radius 2 is 2.06 bits per heavy atom. The van der Waals surface area contributed by atoms with E-state index in [1.54, 1.807) is 6.92 Å². The number of nitrogens with one attached hydrogen (secondary N) is 1. The van der Waals surface area contributed by atoms with Gasteiger partial charge in [0.1, 0.15) is 5.69 Å². The van der Waals surface area contributed by atoms with Crippen molar-refractivity contribution in [1.82, 2.24) is 4.98 Å². The number of esters is 1. The highest BCUT2D eigenvalue weighted by Crippen LogP contribution is 2.47. The van der Waals surface area contributed by atoms with Crippen LogP contribution in [0.3, 0.4) is 0 Å². The minimum atomic E-state index is -0.359. The summed E-state index contributed by atoms with van der Waals surface area (Å²) in [6.07, 6.45) is 7.18. The monoisotopic (exact) mass is 245 g/mol. The molecule has 1 heterocycles. The van der Waals surface area contributed by atoms with Crippen LogP contribution in [0.15, 0.2) is 12.2 Å². The number of hydrogen-bond donors (Lipinski definition) is 1. The van der Waals surface area contributed by atoms with E-state index in [-0.39, 0.29) is 17.8 Å². The summed E-state index contributed by atoms with van der Waals surface area (Å²) >= 11 is 0. The number of carbonyl (C=O) groups is 2. The fourth-order valence-electron chi connectivity index (χ4n) is 3.09. The van der Waals surface area contributed by atoms with E-state index in [9.17, 15) is 9.59 Å². The molecule has 18 heavy (non-hydrogen) atoms. The molecule has 0 aromatic carbocycles. The first-order valence-electron chi connectivity index (χ1n) is 6.32. The molecule has 94 valence electrons. The van der Waals surface area contributed by atoms with Crippen molar-refractivity contribution >= 4 is 12.3 Å². The lowest BCUT2D eigenvalue weighted by molar-refractivity contribution is 0.0518. The van der Waals surface area contributed by atoms with Crippen LogP contribution >= 0.6 is 0 Å². The smallest absolute Gasteiger partial charge is 0.355 e. The standard InChI is InChI=1S/C14H15NO3/c1-2-18-14(17)13-12-9-5-3-8(4-6-9)11(12)10(7-16)15-13/h3,5,7-9,15H,2,4,6H2,1H3. The van der Waals surface area contributed by atoms with Gasteiger partial charge in [-0.1, -0.05) is 12.2 Å². The molecule has 1 aromatic heterocycles. The summed E-state index contributed by atoms with van der Waals surface area (Å²) in [5.74, 6) is 0.154. The summed E-state index contributed by atoms with van der Waals surface area (Å²) in [4.78, 5) is 26.0. The van der Waals surface area contributed by atoms with Gasteiger partial charge < -0.3 is 9.72 Å². The number of aldehydes is 1. The van der Waals surface area contributed by atoms with Gasteiger partial charge in [0.2, 0.25) is 0 Å². The molecule has 0 aliphatic heterocycles.